The molecule has 3 aromatic rings. The maximum absolute atomic E-state index is 13.5. The number of carbonyl (C=O) groups excluding carboxylic acids is 1. The van der Waals surface area contributed by atoms with Crippen molar-refractivity contribution in [3.05, 3.63) is 77.9 Å². The average molecular weight is 310 g/mol. The van der Waals surface area contributed by atoms with E-state index in [0.29, 0.717) is 24.4 Å². The predicted molar refractivity (Wildman–Crippen MR) is 84.4 cm³/mol. The molecule has 0 bridgehead atoms. The molecule has 3 rings (SSSR count). The van der Waals surface area contributed by atoms with Crippen LogP contribution in [0.25, 0.3) is 11.5 Å². The van der Waals surface area contributed by atoms with E-state index in [4.69, 9.17) is 4.42 Å². The van der Waals surface area contributed by atoms with Crippen LogP contribution in [-0.4, -0.2) is 17.4 Å². The zero-order valence-corrected chi connectivity index (χ0v) is 12.3. The van der Waals surface area contributed by atoms with Gasteiger partial charge in [-0.25, -0.2) is 9.37 Å². The first-order valence-electron chi connectivity index (χ1n) is 7.27. The molecule has 4 nitrogen and oxygen atoms in total. The summed E-state index contributed by atoms with van der Waals surface area (Å²) in [6.45, 7) is 0.321. The third-order valence-corrected chi connectivity index (χ3v) is 3.39. The Balaban J connectivity index is 1.59. The van der Waals surface area contributed by atoms with Gasteiger partial charge in [0, 0.05) is 12.1 Å². The summed E-state index contributed by atoms with van der Waals surface area (Å²) in [7, 11) is 0. The molecule has 0 atom stereocenters. The van der Waals surface area contributed by atoms with Crippen molar-refractivity contribution < 1.29 is 13.6 Å². The van der Waals surface area contributed by atoms with E-state index in [1.165, 1.54) is 12.3 Å². The van der Waals surface area contributed by atoms with Gasteiger partial charge in [0.25, 0.3) is 5.91 Å². The van der Waals surface area contributed by atoms with Gasteiger partial charge >= 0.3 is 0 Å². The minimum Gasteiger partial charge on any atom is -0.431 e. The quantitative estimate of drug-likeness (QED) is 0.785. The number of oxazole rings is 1. The second kappa shape index (κ2) is 6.87. The molecule has 1 aromatic heterocycles. The Morgan fingerprint density at radius 2 is 1.83 bits per heavy atom. The Morgan fingerprint density at radius 3 is 2.61 bits per heavy atom. The minimum absolute atomic E-state index is 0.136. The summed E-state index contributed by atoms with van der Waals surface area (Å²) in [5.74, 6) is -0.106. The predicted octanol–water partition coefficient (Wildman–Crippen LogP) is 3.45. The minimum atomic E-state index is -0.365. The molecule has 0 saturated heterocycles. The largest absolute Gasteiger partial charge is 0.431 e. The van der Waals surface area contributed by atoms with Gasteiger partial charge in [0.1, 0.15) is 5.82 Å². The Morgan fingerprint density at radius 1 is 1.09 bits per heavy atom. The Hall–Kier alpha value is -2.95. The first-order valence-corrected chi connectivity index (χ1v) is 7.27. The summed E-state index contributed by atoms with van der Waals surface area (Å²) in [6, 6.07) is 15.8. The van der Waals surface area contributed by atoms with Gasteiger partial charge in [0.15, 0.2) is 0 Å². The van der Waals surface area contributed by atoms with E-state index in [2.05, 4.69) is 10.3 Å². The van der Waals surface area contributed by atoms with Gasteiger partial charge < -0.3 is 9.73 Å². The van der Waals surface area contributed by atoms with Crippen LogP contribution in [0.3, 0.4) is 0 Å². The van der Waals surface area contributed by atoms with Crippen LogP contribution >= 0.6 is 0 Å². The van der Waals surface area contributed by atoms with Crippen molar-refractivity contribution in [3.8, 4) is 11.5 Å². The zero-order valence-electron chi connectivity index (χ0n) is 12.3. The molecule has 1 amide bonds. The lowest BCUT2D eigenvalue weighted by atomic mass is 10.1. The van der Waals surface area contributed by atoms with Gasteiger partial charge in [-0.2, -0.15) is 0 Å². The molecule has 0 spiro atoms. The molecule has 0 fully saturated rings. The fourth-order valence-corrected chi connectivity index (χ4v) is 2.19. The number of nitrogens with one attached hydrogen (secondary N) is 1. The molecule has 116 valence electrons. The number of rotatable bonds is 5. The summed E-state index contributed by atoms with van der Waals surface area (Å²) >= 11 is 0. The normalized spacial score (nSPS) is 10.5. The van der Waals surface area contributed by atoms with E-state index in [1.54, 1.807) is 18.2 Å². The number of nitrogens with zero attached hydrogens (tertiary/aromatic N) is 1. The number of aromatic nitrogens is 1. The van der Waals surface area contributed by atoms with Crippen molar-refractivity contribution in [2.24, 2.45) is 0 Å². The lowest BCUT2D eigenvalue weighted by Gasteiger charge is -2.04. The molecule has 0 aliphatic carbocycles. The highest BCUT2D eigenvalue weighted by Crippen LogP contribution is 2.18. The second-order valence-electron chi connectivity index (χ2n) is 4.99. The second-order valence-corrected chi connectivity index (χ2v) is 4.99. The van der Waals surface area contributed by atoms with E-state index in [9.17, 15) is 9.18 Å². The Bertz CT molecular complexity index is 800. The molecule has 0 aliphatic heterocycles. The SMILES string of the molecule is O=C(NCCc1ccccc1F)c1cnc(-c2ccccc2)o1. The average Bonchev–Trinajstić information content (AvgIpc) is 3.07. The van der Waals surface area contributed by atoms with E-state index in [1.807, 2.05) is 30.3 Å². The molecule has 1 N–H and O–H groups in total. The van der Waals surface area contributed by atoms with Crippen molar-refractivity contribution >= 4 is 5.91 Å². The Labute approximate surface area is 133 Å². The summed E-state index contributed by atoms with van der Waals surface area (Å²) in [5.41, 5.74) is 1.37. The lowest BCUT2D eigenvalue weighted by Crippen LogP contribution is -2.25. The molecule has 1 heterocycles. The van der Waals surface area contributed by atoms with Crippen LogP contribution < -0.4 is 5.32 Å². The number of carbonyl (C=O) groups is 1. The summed E-state index contributed by atoms with van der Waals surface area (Å²) in [5, 5.41) is 2.70. The van der Waals surface area contributed by atoms with E-state index < -0.39 is 0 Å². The van der Waals surface area contributed by atoms with Crippen molar-refractivity contribution in [1.82, 2.24) is 10.3 Å². The van der Waals surface area contributed by atoms with Gasteiger partial charge in [0.2, 0.25) is 11.7 Å². The van der Waals surface area contributed by atoms with Crippen LogP contribution in [0, 0.1) is 5.82 Å². The highest BCUT2D eigenvalue weighted by Gasteiger charge is 2.13. The monoisotopic (exact) mass is 310 g/mol. The summed E-state index contributed by atoms with van der Waals surface area (Å²) < 4.78 is 18.9. The molecular formula is C18H15FN2O2. The third-order valence-electron chi connectivity index (χ3n) is 3.39. The molecule has 0 unspecified atom stereocenters. The van der Waals surface area contributed by atoms with E-state index in [-0.39, 0.29) is 17.5 Å². The van der Waals surface area contributed by atoms with Crippen LogP contribution in [0.5, 0.6) is 0 Å². The molecule has 5 heteroatoms. The summed E-state index contributed by atoms with van der Waals surface area (Å²) in [4.78, 5) is 16.1. The third kappa shape index (κ3) is 3.63. The van der Waals surface area contributed by atoms with Gasteiger partial charge in [-0.3, -0.25) is 4.79 Å². The van der Waals surface area contributed by atoms with Crippen LogP contribution in [0.15, 0.2) is 65.2 Å². The van der Waals surface area contributed by atoms with Gasteiger partial charge in [0.05, 0.1) is 6.20 Å². The number of amides is 1. The number of hydrogen-bond acceptors (Lipinski definition) is 3. The smallest absolute Gasteiger partial charge is 0.288 e. The highest BCUT2D eigenvalue weighted by atomic mass is 19.1. The molecule has 2 aromatic carbocycles. The standard InChI is InChI=1S/C18H15FN2O2/c19-15-9-5-4-6-13(15)10-11-20-17(22)16-12-21-18(23-16)14-7-2-1-3-8-14/h1-9,12H,10-11H2,(H,20,22). The van der Waals surface area contributed by atoms with Crippen LogP contribution in [-0.2, 0) is 6.42 Å². The first kappa shape index (κ1) is 15.0. The Kier molecular flexibility index (Phi) is 4.47. The molecule has 0 saturated carbocycles. The van der Waals surface area contributed by atoms with Crippen molar-refractivity contribution in [2.75, 3.05) is 6.54 Å². The fraction of sp³-hybridized carbons (Fsp3) is 0.111. The number of halogens is 1. The van der Waals surface area contributed by atoms with Gasteiger partial charge in [-0.05, 0) is 30.2 Å². The van der Waals surface area contributed by atoms with Crippen molar-refractivity contribution in [1.29, 1.82) is 0 Å². The summed E-state index contributed by atoms with van der Waals surface area (Å²) in [6.07, 6.45) is 1.80. The molecule has 0 aliphatic rings. The maximum Gasteiger partial charge on any atom is 0.288 e. The van der Waals surface area contributed by atoms with E-state index >= 15 is 0 Å². The lowest BCUT2D eigenvalue weighted by molar-refractivity contribution is 0.0927. The molecule has 0 radical (unpaired) electrons. The fourth-order valence-electron chi connectivity index (χ4n) is 2.19. The van der Waals surface area contributed by atoms with Gasteiger partial charge in [-0.1, -0.05) is 36.4 Å². The topological polar surface area (TPSA) is 55.1 Å². The van der Waals surface area contributed by atoms with Crippen molar-refractivity contribution in [3.63, 3.8) is 0 Å². The molecule has 23 heavy (non-hydrogen) atoms. The zero-order chi connectivity index (χ0) is 16.1. The number of benzene rings is 2. The molecular weight excluding hydrogens is 295 g/mol. The van der Waals surface area contributed by atoms with Gasteiger partial charge in [-0.15, -0.1) is 0 Å². The number of hydrogen-bond donors (Lipinski definition) is 1. The van der Waals surface area contributed by atoms with Crippen LogP contribution in [0.2, 0.25) is 0 Å². The maximum atomic E-state index is 13.5. The highest BCUT2D eigenvalue weighted by molar-refractivity contribution is 5.91. The van der Waals surface area contributed by atoms with Crippen LogP contribution in [0.4, 0.5) is 4.39 Å². The van der Waals surface area contributed by atoms with Crippen molar-refractivity contribution in [2.45, 2.75) is 6.42 Å². The van der Waals surface area contributed by atoms with E-state index in [0.717, 1.165) is 5.56 Å². The van der Waals surface area contributed by atoms with Crippen LogP contribution in [0.1, 0.15) is 16.1 Å². The first-order chi connectivity index (χ1) is 11.2.